The highest BCUT2D eigenvalue weighted by Gasteiger charge is 2.14. The second-order valence-electron chi connectivity index (χ2n) is 8.92. The number of anilines is 1. The number of likely N-dealkylation sites (tertiary alicyclic amines) is 1. The molecule has 0 spiro atoms. The molecule has 0 saturated carbocycles. The Morgan fingerprint density at radius 2 is 1.69 bits per heavy atom. The normalized spacial score (nSPS) is 18.3. The minimum atomic E-state index is 0.915. The van der Waals surface area contributed by atoms with Crippen LogP contribution in [0.2, 0.25) is 0 Å². The number of fused-ring (bicyclic) bond motifs is 1. The molecule has 3 heterocycles. The summed E-state index contributed by atoms with van der Waals surface area (Å²) in [6.07, 6.45) is 11.2. The molecule has 0 bridgehead atoms. The zero-order valence-corrected chi connectivity index (χ0v) is 18.8. The zero-order chi connectivity index (χ0) is 20.1. The maximum atomic E-state index is 5.72. The summed E-state index contributed by atoms with van der Waals surface area (Å²) < 4.78 is 0. The summed E-state index contributed by atoms with van der Waals surface area (Å²) >= 11 is 5.72. The molecule has 0 N–H and O–H groups in total. The molecule has 0 radical (unpaired) electrons. The lowest BCUT2D eigenvalue weighted by atomic mass is 10.0. The van der Waals surface area contributed by atoms with E-state index in [-0.39, 0.29) is 0 Å². The molecule has 2 fully saturated rings. The number of nitrogens with zero attached hydrogens (tertiary/aromatic N) is 3. The Hall–Kier alpha value is -1.52. The third-order valence-electron chi connectivity index (χ3n) is 6.53. The highest BCUT2D eigenvalue weighted by atomic mass is 32.1. The van der Waals surface area contributed by atoms with Crippen LogP contribution in [0.15, 0.2) is 24.3 Å². The largest absolute Gasteiger partial charge is 0.357 e. The fourth-order valence-corrected chi connectivity index (χ4v) is 5.13. The first-order valence-electron chi connectivity index (χ1n) is 11.6. The Morgan fingerprint density at radius 3 is 2.45 bits per heavy atom. The van der Waals surface area contributed by atoms with Crippen molar-refractivity contribution < 1.29 is 0 Å². The van der Waals surface area contributed by atoms with E-state index in [1.54, 1.807) is 0 Å². The molecule has 2 aliphatic heterocycles. The number of hydrogen-bond acceptors (Lipinski definition) is 4. The minimum absolute atomic E-state index is 0.915. The Morgan fingerprint density at radius 1 is 0.966 bits per heavy atom. The Balaban J connectivity index is 1.36. The lowest BCUT2D eigenvalue weighted by molar-refractivity contribution is 0.227. The minimum Gasteiger partial charge on any atom is -0.357 e. The van der Waals surface area contributed by atoms with Gasteiger partial charge in [0.2, 0.25) is 0 Å². The number of pyridine rings is 1. The number of aryl methyl sites for hydroxylation is 1. The lowest BCUT2D eigenvalue weighted by Gasteiger charge is -2.28. The molecule has 0 unspecified atom stereocenters. The summed E-state index contributed by atoms with van der Waals surface area (Å²) in [5.74, 6) is 1.15. The van der Waals surface area contributed by atoms with Crippen molar-refractivity contribution >= 4 is 33.8 Å². The zero-order valence-electron chi connectivity index (χ0n) is 18.0. The number of thiocarbonyl (C=S) groups is 1. The van der Waals surface area contributed by atoms with E-state index in [1.165, 1.54) is 86.0 Å². The maximum Gasteiger partial charge on any atom is 0.129 e. The highest BCUT2D eigenvalue weighted by Crippen LogP contribution is 2.26. The van der Waals surface area contributed by atoms with Gasteiger partial charge >= 0.3 is 0 Å². The summed E-state index contributed by atoms with van der Waals surface area (Å²) in [5.41, 5.74) is 3.77. The number of benzene rings is 1. The Kier molecular flexibility index (Phi) is 7.15. The van der Waals surface area contributed by atoms with E-state index in [0.717, 1.165) is 37.3 Å². The molecular formula is C25H35N3S. The quantitative estimate of drug-likeness (QED) is 0.545. The smallest absolute Gasteiger partial charge is 0.129 e. The van der Waals surface area contributed by atoms with Crippen molar-refractivity contribution in [3.05, 3.63) is 35.4 Å². The molecule has 156 valence electrons. The molecule has 1 aromatic carbocycles. The van der Waals surface area contributed by atoms with Crippen LogP contribution in [0.25, 0.3) is 10.9 Å². The van der Waals surface area contributed by atoms with E-state index in [2.05, 4.69) is 41.0 Å². The van der Waals surface area contributed by atoms with E-state index < -0.39 is 0 Å². The van der Waals surface area contributed by atoms with Crippen LogP contribution < -0.4 is 4.90 Å². The van der Waals surface area contributed by atoms with Crippen molar-refractivity contribution in [2.24, 2.45) is 0 Å². The fraction of sp³-hybridized carbons (Fsp3) is 0.600. The van der Waals surface area contributed by atoms with Crippen molar-refractivity contribution in [2.75, 3.05) is 37.6 Å². The van der Waals surface area contributed by atoms with Gasteiger partial charge in [-0.15, -0.1) is 0 Å². The number of piperidine rings is 2. The van der Waals surface area contributed by atoms with Gasteiger partial charge in [0, 0.05) is 24.9 Å². The van der Waals surface area contributed by atoms with Gasteiger partial charge in [-0.2, -0.15) is 0 Å². The van der Waals surface area contributed by atoms with Gasteiger partial charge in [-0.25, -0.2) is 4.98 Å². The van der Waals surface area contributed by atoms with Crippen LogP contribution in [0.3, 0.4) is 0 Å². The van der Waals surface area contributed by atoms with Crippen LogP contribution >= 0.6 is 12.2 Å². The van der Waals surface area contributed by atoms with Crippen molar-refractivity contribution in [2.45, 2.75) is 64.7 Å². The molecular weight excluding hydrogens is 374 g/mol. The van der Waals surface area contributed by atoms with E-state index >= 15 is 0 Å². The molecule has 4 rings (SSSR count). The first-order valence-corrected chi connectivity index (χ1v) is 12.0. The van der Waals surface area contributed by atoms with Gasteiger partial charge in [-0.1, -0.05) is 24.7 Å². The standard InChI is InChI=1S/C25H35N3S/c1-20-17-25(28-15-6-3-7-16-28)26-24-11-10-21(19-23(20)24)18-22(29)9-8-14-27-12-4-2-5-13-27/h10-11,17,19H,2-9,12-16,18H2,1H3. The van der Waals surface area contributed by atoms with E-state index in [4.69, 9.17) is 17.2 Å². The number of hydrogen-bond donors (Lipinski definition) is 0. The summed E-state index contributed by atoms with van der Waals surface area (Å²) in [5, 5.41) is 1.28. The molecule has 0 amide bonds. The summed E-state index contributed by atoms with van der Waals surface area (Å²) in [4.78, 5) is 11.2. The number of rotatable bonds is 7. The van der Waals surface area contributed by atoms with Crippen LogP contribution in [0.1, 0.15) is 62.5 Å². The first-order chi connectivity index (χ1) is 14.2. The van der Waals surface area contributed by atoms with E-state index in [0.29, 0.717) is 0 Å². The average molecular weight is 410 g/mol. The summed E-state index contributed by atoms with van der Waals surface area (Å²) in [7, 11) is 0. The van der Waals surface area contributed by atoms with Gasteiger partial charge < -0.3 is 9.80 Å². The predicted octanol–water partition coefficient (Wildman–Crippen LogP) is 5.71. The van der Waals surface area contributed by atoms with E-state index in [1.807, 2.05) is 0 Å². The SMILES string of the molecule is Cc1cc(N2CCCCC2)nc2ccc(CC(=S)CCCN3CCCCC3)cc12. The van der Waals surface area contributed by atoms with Gasteiger partial charge in [0.1, 0.15) is 5.82 Å². The van der Waals surface area contributed by atoms with Crippen LogP contribution in [0, 0.1) is 6.92 Å². The van der Waals surface area contributed by atoms with Crippen molar-refractivity contribution in [1.29, 1.82) is 0 Å². The van der Waals surface area contributed by atoms with Gasteiger partial charge in [0.05, 0.1) is 5.52 Å². The second kappa shape index (κ2) is 9.99. The van der Waals surface area contributed by atoms with Gasteiger partial charge in [0.25, 0.3) is 0 Å². The third kappa shape index (κ3) is 5.55. The van der Waals surface area contributed by atoms with Crippen molar-refractivity contribution in [3.63, 3.8) is 0 Å². The molecule has 4 heteroatoms. The molecule has 29 heavy (non-hydrogen) atoms. The Bertz CT molecular complexity index is 835. The van der Waals surface area contributed by atoms with Gasteiger partial charge in [-0.05, 0) is 106 Å². The highest BCUT2D eigenvalue weighted by molar-refractivity contribution is 7.80. The average Bonchev–Trinajstić information content (AvgIpc) is 2.75. The molecule has 0 atom stereocenters. The van der Waals surface area contributed by atoms with Crippen LogP contribution in [0.5, 0.6) is 0 Å². The van der Waals surface area contributed by atoms with Crippen molar-refractivity contribution in [3.8, 4) is 0 Å². The summed E-state index contributed by atoms with van der Waals surface area (Å²) in [6, 6.07) is 9.01. The molecule has 2 aliphatic rings. The van der Waals surface area contributed by atoms with Crippen LogP contribution in [0.4, 0.5) is 5.82 Å². The molecule has 3 nitrogen and oxygen atoms in total. The Labute approximate surface area is 181 Å². The van der Waals surface area contributed by atoms with Crippen molar-refractivity contribution in [1.82, 2.24) is 9.88 Å². The first kappa shape index (κ1) is 20.7. The fourth-order valence-electron chi connectivity index (χ4n) is 4.82. The third-order valence-corrected chi connectivity index (χ3v) is 6.87. The maximum absolute atomic E-state index is 5.72. The molecule has 2 aromatic rings. The monoisotopic (exact) mass is 409 g/mol. The summed E-state index contributed by atoms with van der Waals surface area (Å²) in [6.45, 7) is 8.27. The van der Waals surface area contributed by atoms with E-state index in [9.17, 15) is 0 Å². The van der Waals surface area contributed by atoms with Crippen LogP contribution in [-0.2, 0) is 6.42 Å². The number of aromatic nitrogens is 1. The second-order valence-corrected chi connectivity index (χ2v) is 9.50. The molecule has 0 aliphatic carbocycles. The lowest BCUT2D eigenvalue weighted by Crippen LogP contribution is -2.30. The van der Waals surface area contributed by atoms with Gasteiger partial charge in [-0.3, -0.25) is 0 Å². The molecule has 2 saturated heterocycles. The predicted molar refractivity (Wildman–Crippen MR) is 128 cm³/mol. The van der Waals surface area contributed by atoms with Gasteiger partial charge in [0.15, 0.2) is 0 Å². The topological polar surface area (TPSA) is 19.4 Å². The molecule has 1 aromatic heterocycles. The van der Waals surface area contributed by atoms with Crippen LogP contribution in [-0.4, -0.2) is 47.5 Å².